The fraction of sp³-hybridized carbons (Fsp3) is 0.562. The van der Waals surface area contributed by atoms with Gasteiger partial charge in [0.2, 0.25) is 5.91 Å². The van der Waals surface area contributed by atoms with Crippen LogP contribution in [0.15, 0.2) is 24.3 Å². The summed E-state index contributed by atoms with van der Waals surface area (Å²) >= 11 is 0. The van der Waals surface area contributed by atoms with E-state index in [0.29, 0.717) is 6.42 Å². The lowest BCUT2D eigenvalue weighted by Gasteiger charge is -2.37. The van der Waals surface area contributed by atoms with E-state index in [9.17, 15) is 28.1 Å². The minimum atomic E-state index is -4.47. The molecule has 0 radical (unpaired) electrons. The Labute approximate surface area is 143 Å². The summed E-state index contributed by atoms with van der Waals surface area (Å²) in [5, 5.41) is 11.6. The Kier molecular flexibility index (Phi) is 5.36. The van der Waals surface area contributed by atoms with Gasteiger partial charge in [0.1, 0.15) is 6.04 Å². The van der Waals surface area contributed by atoms with Crippen molar-refractivity contribution < 1.29 is 22.9 Å². The molecule has 1 aliphatic rings. The summed E-state index contributed by atoms with van der Waals surface area (Å²) in [4.78, 5) is 21.6. The fourth-order valence-electron chi connectivity index (χ4n) is 3.03. The lowest BCUT2D eigenvalue weighted by molar-refractivity contribution is -0.384. The number of carbonyl (C=O) groups is 1. The van der Waals surface area contributed by atoms with Crippen LogP contribution < -0.4 is 5.43 Å². The van der Waals surface area contributed by atoms with Gasteiger partial charge in [0.05, 0.1) is 4.92 Å². The van der Waals surface area contributed by atoms with E-state index in [0.717, 1.165) is 10.6 Å². The van der Waals surface area contributed by atoms with E-state index in [1.807, 2.05) is 0 Å². The highest BCUT2D eigenvalue weighted by atomic mass is 19.4. The summed E-state index contributed by atoms with van der Waals surface area (Å²) in [6, 6.07) is 3.98. The second-order valence-corrected chi connectivity index (χ2v) is 6.77. The van der Waals surface area contributed by atoms with E-state index >= 15 is 0 Å². The summed E-state index contributed by atoms with van der Waals surface area (Å²) in [6.45, 7) is 3.19. The molecule has 1 heterocycles. The monoisotopic (exact) mass is 359 g/mol. The van der Waals surface area contributed by atoms with E-state index in [4.69, 9.17) is 0 Å². The first kappa shape index (κ1) is 19.2. The lowest BCUT2D eigenvalue weighted by Crippen LogP contribution is -2.56. The molecule has 1 aliphatic heterocycles. The number of hydrazine groups is 1. The minimum Gasteiger partial charge on any atom is -0.288 e. The van der Waals surface area contributed by atoms with Crippen LogP contribution in [0.1, 0.15) is 38.7 Å². The maximum Gasteiger partial charge on any atom is 0.405 e. The van der Waals surface area contributed by atoms with Gasteiger partial charge < -0.3 is 0 Å². The molecule has 1 aromatic rings. The largest absolute Gasteiger partial charge is 0.405 e. The number of benzene rings is 1. The molecular formula is C16H20F3N3O3. The molecular weight excluding hydrogens is 339 g/mol. The number of nitrogens with one attached hydrogen (secondary N) is 1. The number of aryl methyl sites for hydroxylation is 1. The zero-order valence-corrected chi connectivity index (χ0v) is 14.0. The number of carbonyl (C=O) groups excluding carboxylic acids is 1. The van der Waals surface area contributed by atoms with Crippen molar-refractivity contribution in [3.8, 4) is 0 Å². The van der Waals surface area contributed by atoms with Crippen LogP contribution >= 0.6 is 0 Å². The summed E-state index contributed by atoms with van der Waals surface area (Å²) in [5.74, 6) is -0.422. The number of alkyl halides is 3. The SMILES string of the molecule is CC1(C)CC(=O)NN1[C@@H](CCCc1ccc([N+](=O)[O-])cc1)C(F)(F)F. The Morgan fingerprint density at radius 1 is 1.32 bits per heavy atom. The third-order valence-corrected chi connectivity index (χ3v) is 4.27. The Morgan fingerprint density at radius 2 is 1.92 bits per heavy atom. The molecule has 2 rings (SSSR count). The third-order valence-electron chi connectivity index (χ3n) is 4.27. The number of non-ortho nitro benzene ring substituents is 1. The van der Waals surface area contributed by atoms with Gasteiger partial charge in [-0.25, -0.2) is 5.01 Å². The average molecular weight is 359 g/mol. The predicted molar refractivity (Wildman–Crippen MR) is 84.6 cm³/mol. The molecule has 1 N–H and O–H groups in total. The van der Waals surface area contributed by atoms with Crippen LogP contribution in [-0.4, -0.2) is 33.6 Å². The number of nitrogens with zero attached hydrogens (tertiary/aromatic N) is 2. The maximum atomic E-state index is 13.4. The van der Waals surface area contributed by atoms with Crippen LogP contribution in [0.2, 0.25) is 0 Å². The summed E-state index contributed by atoms with van der Waals surface area (Å²) < 4.78 is 40.3. The van der Waals surface area contributed by atoms with E-state index in [1.165, 1.54) is 12.1 Å². The van der Waals surface area contributed by atoms with Gasteiger partial charge in [0.15, 0.2) is 0 Å². The summed E-state index contributed by atoms with van der Waals surface area (Å²) in [6.07, 6.45) is -4.02. The number of amides is 1. The van der Waals surface area contributed by atoms with Gasteiger partial charge in [-0.15, -0.1) is 0 Å². The zero-order valence-electron chi connectivity index (χ0n) is 14.0. The number of rotatable bonds is 6. The van der Waals surface area contributed by atoms with Gasteiger partial charge in [-0.3, -0.25) is 20.3 Å². The number of hydrogen-bond donors (Lipinski definition) is 1. The molecule has 0 aliphatic carbocycles. The molecule has 0 saturated carbocycles. The van der Waals surface area contributed by atoms with Gasteiger partial charge in [0, 0.05) is 24.1 Å². The number of nitro groups is 1. The Morgan fingerprint density at radius 3 is 2.36 bits per heavy atom. The van der Waals surface area contributed by atoms with Crippen molar-refractivity contribution in [2.75, 3.05) is 0 Å². The minimum absolute atomic E-state index is 0.0158. The van der Waals surface area contributed by atoms with Crippen LogP contribution in [0.5, 0.6) is 0 Å². The molecule has 0 spiro atoms. The standard InChI is InChI=1S/C16H20F3N3O3/c1-15(2)10-14(23)20-21(15)13(16(17,18)19)5-3-4-11-6-8-12(9-7-11)22(24)25/h6-9,13H,3-5,10H2,1-2H3,(H,20,23)/t13-/m0/s1. The van der Waals surface area contributed by atoms with Crippen molar-refractivity contribution in [1.82, 2.24) is 10.4 Å². The first-order chi connectivity index (χ1) is 11.5. The number of hydrogen-bond acceptors (Lipinski definition) is 4. The molecule has 25 heavy (non-hydrogen) atoms. The maximum absolute atomic E-state index is 13.4. The topological polar surface area (TPSA) is 75.5 Å². The molecule has 9 heteroatoms. The highest BCUT2D eigenvalue weighted by molar-refractivity contribution is 5.78. The highest BCUT2D eigenvalue weighted by Gasteiger charge is 2.51. The number of nitro benzene ring substituents is 1. The first-order valence-corrected chi connectivity index (χ1v) is 7.89. The fourth-order valence-corrected chi connectivity index (χ4v) is 3.03. The van der Waals surface area contributed by atoms with Crippen molar-refractivity contribution in [2.24, 2.45) is 0 Å². The summed E-state index contributed by atoms with van der Waals surface area (Å²) in [7, 11) is 0. The van der Waals surface area contributed by atoms with E-state index < -0.39 is 28.6 Å². The first-order valence-electron chi connectivity index (χ1n) is 7.89. The molecule has 1 aromatic carbocycles. The van der Waals surface area contributed by atoms with Crippen molar-refractivity contribution >= 4 is 11.6 Å². The highest BCUT2D eigenvalue weighted by Crippen LogP contribution is 2.35. The normalized spacial score (nSPS) is 18.8. The molecule has 0 unspecified atom stereocenters. The van der Waals surface area contributed by atoms with Crippen LogP contribution in [0.3, 0.4) is 0 Å². The van der Waals surface area contributed by atoms with Gasteiger partial charge in [0.25, 0.3) is 5.69 Å². The van der Waals surface area contributed by atoms with E-state index in [2.05, 4.69) is 5.43 Å². The zero-order chi connectivity index (χ0) is 18.8. The third kappa shape index (κ3) is 4.68. The molecule has 1 atom stereocenters. The van der Waals surface area contributed by atoms with Crippen molar-refractivity contribution in [2.45, 2.75) is 57.3 Å². The summed E-state index contributed by atoms with van der Waals surface area (Å²) in [5.41, 5.74) is 2.08. The van der Waals surface area contributed by atoms with Crippen molar-refractivity contribution in [3.63, 3.8) is 0 Å². The molecule has 1 saturated heterocycles. The molecule has 6 nitrogen and oxygen atoms in total. The molecule has 1 fully saturated rings. The van der Waals surface area contributed by atoms with Crippen LogP contribution in [0.4, 0.5) is 18.9 Å². The van der Waals surface area contributed by atoms with E-state index in [1.54, 1.807) is 26.0 Å². The second kappa shape index (κ2) is 6.99. The van der Waals surface area contributed by atoms with Crippen molar-refractivity contribution in [3.05, 3.63) is 39.9 Å². The van der Waals surface area contributed by atoms with Crippen LogP contribution in [0, 0.1) is 10.1 Å². The number of halogens is 3. The second-order valence-electron chi connectivity index (χ2n) is 6.77. The Hall–Kier alpha value is -2.16. The van der Waals surface area contributed by atoms with E-state index in [-0.39, 0.29) is 24.9 Å². The van der Waals surface area contributed by atoms with Gasteiger partial charge in [-0.05, 0) is 38.7 Å². The molecule has 0 bridgehead atoms. The average Bonchev–Trinajstić information content (AvgIpc) is 2.75. The Balaban J connectivity index is 2.01. The smallest absolute Gasteiger partial charge is 0.288 e. The predicted octanol–water partition coefficient (Wildman–Crippen LogP) is 3.36. The van der Waals surface area contributed by atoms with Crippen LogP contribution in [-0.2, 0) is 11.2 Å². The Bertz CT molecular complexity index is 644. The molecule has 138 valence electrons. The van der Waals surface area contributed by atoms with Crippen LogP contribution in [0.25, 0.3) is 0 Å². The van der Waals surface area contributed by atoms with Gasteiger partial charge >= 0.3 is 6.18 Å². The van der Waals surface area contributed by atoms with Gasteiger partial charge in [-0.2, -0.15) is 13.2 Å². The quantitative estimate of drug-likeness (QED) is 0.624. The lowest BCUT2D eigenvalue weighted by atomic mass is 9.97. The molecule has 1 amide bonds. The van der Waals surface area contributed by atoms with Gasteiger partial charge in [-0.1, -0.05) is 12.1 Å². The van der Waals surface area contributed by atoms with Crippen molar-refractivity contribution in [1.29, 1.82) is 0 Å². The molecule has 0 aromatic heterocycles.